The molecule has 0 N–H and O–H groups in total. The van der Waals surface area contributed by atoms with Gasteiger partial charge in [-0.2, -0.15) is 0 Å². The third-order valence-electron chi connectivity index (χ3n) is 4.95. The van der Waals surface area contributed by atoms with E-state index in [9.17, 15) is 0 Å². The Balaban J connectivity index is 1.40. The van der Waals surface area contributed by atoms with Gasteiger partial charge in [0.2, 0.25) is 0 Å². The lowest BCUT2D eigenvalue weighted by Crippen LogP contribution is -2.29. The Morgan fingerprint density at radius 2 is 1.91 bits per heavy atom. The van der Waals surface area contributed by atoms with Gasteiger partial charge in [-0.1, -0.05) is 0 Å². The highest BCUT2D eigenvalue weighted by Gasteiger charge is 2.40. The predicted molar refractivity (Wildman–Crippen MR) is 82.5 cm³/mol. The van der Waals surface area contributed by atoms with Gasteiger partial charge in [0, 0.05) is 44.5 Å². The van der Waals surface area contributed by atoms with Crippen LogP contribution in [0.15, 0.2) is 23.3 Å². The molecule has 2 fully saturated rings. The van der Waals surface area contributed by atoms with Crippen LogP contribution in [0.5, 0.6) is 0 Å². The van der Waals surface area contributed by atoms with Gasteiger partial charge in [-0.3, -0.25) is 4.90 Å². The van der Waals surface area contributed by atoms with Crippen molar-refractivity contribution < 1.29 is 4.42 Å². The van der Waals surface area contributed by atoms with Gasteiger partial charge in [0.05, 0.1) is 5.69 Å². The molecule has 6 heteroatoms. The van der Waals surface area contributed by atoms with Gasteiger partial charge in [-0.25, -0.2) is 15.0 Å². The Hall–Kier alpha value is -1.95. The van der Waals surface area contributed by atoms with Gasteiger partial charge in [0.25, 0.3) is 0 Å². The molecule has 0 aromatic carbocycles. The minimum atomic E-state index is 0.724. The summed E-state index contributed by atoms with van der Waals surface area (Å²) in [4.78, 5) is 17.8. The fourth-order valence-corrected chi connectivity index (χ4v) is 3.81. The lowest BCUT2D eigenvalue weighted by molar-refractivity contribution is 0.303. The minimum Gasteiger partial charge on any atom is -0.448 e. The van der Waals surface area contributed by atoms with Crippen LogP contribution in [0.25, 0.3) is 0 Å². The molecule has 0 aliphatic carbocycles. The number of hydrogen-bond acceptors (Lipinski definition) is 6. The average Bonchev–Trinajstić information content (AvgIpc) is 3.15. The van der Waals surface area contributed by atoms with Crippen molar-refractivity contribution in [3.63, 3.8) is 0 Å². The Kier molecular flexibility index (Phi) is 3.33. The highest BCUT2D eigenvalue weighted by molar-refractivity contribution is 5.46. The summed E-state index contributed by atoms with van der Waals surface area (Å²) in [5, 5.41) is 0. The number of fused-ring (bicyclic) bond motifs is 1. The van der Waals surface area contributed by atoms with E-state index in [1.807, 2.05) is 13.1 Å². The van der Waals surface area contributed by atoms with Crippen molar-refractivity contribution in [3.8, 4) is 0 Å². The van der Waals surface area contributed by atoms with E-state index in [2.05, 4.69) is 31.7 Å². The van der Waals surface area contributed by atoms with E-state index >= 15 is 0 Å². The van der Waals surface area contributed by atoms with Gasteiger partial charge >= 0.3 is 0 Å². The van der Waals surface area contributed by atoms with Crippen LogP contribution in [-0.4, -0.2) is 46.0 Å². The Labute approximate surface area is 130 Å². The van der Waals surface area contributed by atoms with Crippen LogP contribution in [0.4, 0.5) is 5.82 Å². The third-order valence-corrected chi connectivity index (χ3v) is 4.95. The molecule has 2 unspecified atom stereocenters. The Bertz CT molecular complexity index is 656. The molecule has 6 nitrogen and oxygen atoms in total. The van der Waals surface area contributed by atoms with E-state index in [-0.39, 0.29) is 0 Å². The predicted octanol–water partition coefficient (Wildman–Crippen LogP) is 1.65. The van der Waals surface area contributed by atoms with Crippen LogP contribution in [0.1, 0.15) is 17.0 Å². The summed E-state index contributed by atoms with van der Waals surface area (Å²) in [5.74, 6) is 3.49. The first-order valence-electron chi connectivity index (χ1n) is 7.83. The summed E-state index contributed by atoms with van der Waals surface area (Å²) < 4.78 is 5.30. The first-order chi connectivity index (χ1) is 10.7. The van der Waals surface area contributed by atoms with Crippen molar-refractivity contribution in [2.24, 2.45) is 11.8 Å². The van der Waals surface area contributed by atoms with Crippen LogP contribution >= 0.6 is 0 Å². The zero-order chi connectivity index (χ0) is 15.1. The smallest absolute Gasteiger partial charge is 0.181 e. The van der Waals surface area contributed by atoms with E-state index in [1.165, 1.54) is 0 Å². The van der Waals surface area contributed by atoms with Crippen LogP contribution in [0.3, 0.4) is 0 Å². The maximum Gasteiger partial charge on any atom is 0.181 e. The number of likely N-dealkylation sites (tertiary alicyclic amines) is 1. The third kappa shape index (κ3) is 2.37. The normalized spacial score (nSPS) is 24.9. The molecular formula is C16H21N5O. The molecule has 2 aromatic rings. The summed E-state index contributed by atoms with van der Waals surface area (Å²) in [7, 11) is 0. The van der Waals surface area contributed by atoms with E-state index in [4.69, 9.17) is 4.42 Å². The molecule has 116 valence electrons. The summed E-state index contributed by atoms with van der Waals surface area (Å²) in [6, 6.07) is 0. The van der Waals surface area contributed by atoms with Gasteiger partial charge in [-0.05, 0) is 25.7 Å². The second-order valence-electron chi connectivity index (χ2n) is 6.50. The summed E-state index contributed by atoms with van der Waals surface area (Å²) in [6.45, 7) is 9.44. The molecule has 0 radical (unpaired) electrons. The minimum absolute atomic E-state index is 0.724. The molecule has 4 rings (SSSR count). The van der Waals surface area contributed by atoms with Gasteiger partial charge in [-0.15, -0.1) is 0 Å². The van der Waals surface area contributed by atoms with Crippen LogP contribution in [0.2, 0.25) is 0 Å². The van der Waals surface area contributed by atoms with Gasteiger partial charge in [0.1, 0.15) is 17.9 Å². The van der Waals surface area contributed by atoms with Gasteiger partial charge in [0.15, 0.2) is 6.39 Å². The molecule has 0 spiro atoms. The van der Waals surface area contributed by atoms with Crippen LogP contribution in [-0.2, 0) is 6.54 Å². The van der Waals surface area contributed by atoms with Crippen molar-refractivity contribution in [1.82, 2.24) is 19.9 Å². The van der Waals surface area contributed by atoms with Crippen LogP contribution < -0.4 is 4.90 Å². The number of aromatic nitrogens is 3. The molecule has 2 aromatic heterocycles. The fraction of sp³-hybridized carbons (Fsp3) is 0.562. The standard InChI is InChI=1S/C16H21N5O/c1-11-3-17-9-18-16(11)21-6-13-4-20(5-14(13)7-21)8-15-12(2)22-10-19-15/h3,9-10,13-14H,4-8H2,1-2H3. The Morgan fingerprint density at radius 1 is 1.14 bits per heavy atom. The number of anilines is 1. The molecule has 22 heavy (non-hydrogen) atoms. The van der Waals surface area contributed by atoms with Crippen molar-refractivity contribution in [2.75, 3.05) is 31.1 Å². The summed E-state index contributed by atoms with van der Waals surface area (Å²) >= 11 is 0. The summed E-state index contributed by atoms with van der Waals surface area (Å²) in [5.41, 5.74) is 2.24. The molecule has 4 heterocycles. The zero-order valence-electron chi connectivity index (χ0n) is 13.1. The monoisotopic (exact) mass is 299 g/mol. The summed E-state index contributed by atoms with van der Waals surface area (Å²) in [6.07, 6.45) is 5.09. The topological polar surface area (TPSA) is 58.3 Å². The lowest BCUT2D eigenvalue weighted by atomic mass is 10.0. The SMILES string of the molecule is Cc1cncnc1N1CC2CN(Cc3ncoc3C)CC2C1. The van der Waals surface area contributed by atoms with Crippen molar-refractivity contribution >= 4 is 5.82 Å². The van der Waals surface area contributed by atoms with E-state index in [1.54, 1.807) is 12.7 Å². The lowest BCUT2D eigenvalue weighted by Gasteiger charge is -2.22. The quantitative estimate of drug-likeness (QED) is 0.859. The number of rotatable bonds is 3. The van der Waals surface area contributed by atoms with Crippen molar-refractivity contribution in [1.29, 1.82) is 0 Å². The van der Waals surface area contributed by atoms with E-state index in [0.717, 1.165) is 67.4 Å². The molecule has 0 amide bonds. The van der Waals surface area contributed by atoms with Crippen molar-refractivity contribution in [2.45, 2.75) is 20.4 Å². The first kappa shape index (κ1) is 13.7. The maximum absolute atomic E-state index is 5.30. The molecular weight excluding hydrogens is 278 g/mol. The van der Waals surface area contributed by atoms with E-state index < -0.39 is 0 Å². The number of nitrogens with zero attached hydrogens (tertiary/aromatic N) is 5. The largest absolute Gasteiger partial charge is 0.448 e. The zero-order valence-corrected chi connectivity index (χ0v) is 13.1. The second-order valence-corrected chi connectivity index (χ2v) is 6.50. The van der Waals surface area contributed by atoms with Gasteiger partial charge < -0.3 is 9.32 Å². The molecule has 0 saturated carbocycles. The maximum atomic E-state index is 5.30. The van der Waals surface area contributed by atoms with Crippen LogP contribution in [0, 0.1) is 25.7 Å². The van der Waals surface area contributed by atoms with E-state index in [0.29, 0.717) is 0 Å². The number of oxazole rings is 1. The molecule has 2 aliphatic rings. The second kappa shape index (κ2) is 5.35. The molecule has 2 saturated heterocycles. The fourth-order valence-electron chi connectivity index (χ4n) is 3.81. The molecule has 2 aliphatic heterocycles. The molecule has 2 atom stereocenters. The average molecular weight is 299 g/mol. The number of aryl methyl sites for hydroxylation is 2. The Morgan fingerprint density at radius 3 is 2.55 bits per heavy atom. The number of hydrogen-bond donors (Lipinski definition) is 0. The highest BCUT2D eigenvalue weighted by atomic mass is 16.3. The van der Waals surface area contributed by atoms with Crippen molar-refractivity contribution in [3.05, 3.63) is 35.9 Å². The highest BCUT2D eigenvalue weighted by Crippen LogP contribution is 2.34. The molecule has 0 bridgehead atoms. The first-order valence-corrected chi connectivity index (χ1v) is 7.83.